The number of ether oxygens (including phenoxy) is 2. The molecule has 0 aliphatic carbocycles. The molecule has 1 aliphatic heterocycles. The third-order valence-corrected chi connectivity index (χ3v) is 1.10. The average Bonchev–Trinajstić information content (AvgIpc) is 2.21. The summed E-state index contributed by atoms with van der Waals surface area (Å²) in [5, 5.41) is 7.00. The molecule has 0 aromatic rings. The zero-order valence-corrected chi connectivity index (χ0v) is 6.25. The fourth-order valence-electron chi connectivity index (χ4n) is 0.651. The van der Waals surface area contributed by atoms with Gasteiger partial charge in [-0.15, -0.1) is 0 Å². The van der Waals surface area contributed by atoms with Gasteiger partial charge in [-0.1, -0.05) is 0 Å². The lowest BCUT2D eigenvalue weighted by Gasteiger charge is -2.06. The molecule has 1 saturated heterocycles. The van der Waals surface area contributed by atoms with Crippen LogP contribution in [0.5, 0.6) is 0 Å². The molecule has 0 radical (unpaired) electrons. The van der Waals surface area contributed by atoms with Gasteiger partial charge >= 0.3 is 0 Å². The van der Waals surface area contributed by atoms with Crippen LogP contribution in [0.2, 0.25) is 0 Å². The van der Waals surface area contributed by atoms with Crippen LogP contribution in [0.3, 0.4) is 0 Å². The second-order valence-corrected chi connectivity index (χ2v) is 1.82. The maximum absolute atomic E-state index is 7.00. The second kappa shape index (κ2) is 6.95. The molecular weight excluding hydrogens is 134 g/mol. The van der Waals surface area contributed by atoms with Gasteiger partial charge in [-0.25, -0.2) is 0 Å². The van der Waals surface area contributed by atoms with Crippen LogP contribution in [0.1, 0.15) is 12.8 Å². The molecule has 0 bridgehead atoms. The third kappa shape index (κ3) is 4.69. The Hall–Kier alpha value is -0.160. The van der Waals surface area contributed by atoms with E-state index in [-0.39, 0.29) is 0 Å². The van der Waals surface area contributed by atoms with Crippen LogP contribution in [0.15, 0.2) is 0 Å². The van der Waals surface area contributed by atoms with E-state index in [9.17, 15) is 0 Å². The SMILES string of the molecule is CO.NC1OCCCCO1. The van der Waals surface area contributed by atoms with Gasteiger partial charge in [0.05, 0.1) is 13.2 Å². The maximum Gasteiger partial charge on any atom is 0.213 e. The van der Waals surface area contributed by atoms with Gasteiger partial charge in [0.25, 0.3) is 0 Å². The number of aliphatic hydroxyl groups is 1. The minimum atomic E-state index is -0.475. The zero-order valence-electron chi connectivity index (χ0n) is 6.25. The van der Waals surface area contributed by atoms with Gasteiger partial charge in [0.1, 0.15) is 0 Å². The minimum Gasteiger partial charge on any atom is -0.400 e. The highest BCUT2D eigenvalue weighted by atomic mass is 16.7. The Morgan fingerprint density at radius 2 is 1.60 bits per heavy atom. The van der Waals surface area contributed by atoms with Crippen LogP contribution in [0, 0.1) is 0 Å². The molecule has 1 aliphatic rings. The summed E-state index contributed by atoms with van der Waals surface area (Å²) < 4.78 is 9.92. The van der Waals surface area contributed by atoms with Crippen LogP contribution in [0.25, 0.3) is 0 Å². The topological polar surface area (TPSA) is 64.7 Å². The molecule has 3 N–H and O–H groups in total. The van der Waals surface area contributed by atoms with Gasteiger partial charge in [-0.2, -0.15) is 0 Å². The average molecular weight is 149 g/mol. The Morgan fingerprint density at radius 1 is 1.20 bits per heavy atom. The summed E-state index contributed by atoms with van der Waals surface area (Å²) in [6, 6.07) is 0. The predicted octanol–water partition coefficient (Wildman–Crippen LogP) is -0.336. The van der Waals surface area contributed by atoms with Crippen molar-refractivity contribution in [1.82, 2.24) is 0 Å². The van der Waals surface area contributed by atoms with E-state index in [1.165, 1.54) is 0 Å². The molecular formula is C6H15NO3. The molecule has 1 heterocycles. The summed E-state index contributed by atoms with van der Waals surface area (Å²) in [4.78, 5) is 0. The van der Waals surface area contributed by atoms with E-state index in [1.807, 2.05) is 0 Å². The van der Waals surface area contributed by atoms with Gasteiger partial charge in [0.15, 0.2) is 0 Å². The van der Waals surface area contributed by atoms with Gasteiger partial charge in [-0.3, -0.25) is 5.73 Å². The van der Waals surface area contributed by atoms with Gasteiger partial charge in [0.2, 0.25) is 6.41 Å². The molecule has 10 heavy (non-hydrogen) atoms. The van der Waals surface area contributed by atoms with Crippen LogP contribution >= 0.6 is 0 Å². The van der Waals surface area contributed by atoms with Crippen LogP contribution < -0.4 is 5.73 Å². The standard InChI is InChI=1S/C5H11NO2.CH4O/c6-5-7-3-1-2-4-8-5;1-2/h5H,1-4,6H2;2H,1H3. The van der Waals surface area contributed by atoms with Crippen molar-refractivity contribution in [2.45, 2.75) is 19.3 Å². The van der Waals surface area contributed by atoms with Gasteiger partial charge < -0.3 is 14.6 Å². The van der Waals surface area contributed by atoms with Crippen LogP contribution in [-0.2, 0) is 9.47 Å². The zero-order chi connectivity index (χ0) is 7.82. The summed E-state index contributed by atoms with van der Waals surface area (Å²) in [7, 11) is 1.00. The van der Waals surface area contributed by atoms with Crippen molar-refractivity contribution in [3.8, 4) is 0 Å². The lowest BCUT2D eigenvalue weighted by molar-refractivity contribution is -0.121. The Balaban J connectivity index is 0.000000371. The molecule has 0 amide bonds. The quantitative estimate of drug-likeness (QED) is 0.494. The van der Waals surface area contributed by atoms with Crippen LogP contribution in [-0.4, -0.2) is 31.8 Å². The second-order valence-electron chi connectivity index (χ2n) is 1.82. The smallest absolute Gasteiger partial charge is 0.213 e. The Labute approximate surface area is 60.9 Å². The van der Waals surface area contributed by atoms with Gasteiger partial charge in [0, 0.05) is 7.11 Å². The molecule has 0 aromatic heterocycles. The first kappa shape index (κ1) is 9.84. The Kier molecular flexibility index (Phi) is 6.84. The van der Waals surface area contributed by atoms with Crippen molar-refractivity contribution in [2.24, 2.45) is 5.73 Å². The lowest BCUT2D eigenvalue weighted by atomic mass is 10.3. The lowest BCUT2D eigenvalue weighted by Crippen LogP contribution is -2.25. The number of nitrogens with two attached hydrogens (primary N) is 1. The third-order valence-electron chi connectivity index (χ3n) is 1.10. The van der Waals surface area contributed by atoms with E-state index < -0.39 is 6.41 Å². The number of rotatable bonds is 0. The van der Waals surface area contributed by atoms with Gasteiger partial charge in [-0.05, 0) is 12.8 Å². The molecule has 0 saturated carbocycles. The summed E-state index contributed by atoms with van der Waals surface area (Å²) in [6.45, 7) is 1.47. The molecule has 0 spiro atoms. The first-order valence-electron chi connectivity index (χ1n) is 3.33. The van der Waals surface area contributed by atoms with E-state index in [2.05, 4.69) is 0 Å². The molecule has 1 fully saturated rings. The number of hydrogen-bond acceptors (Lipinski definition) is 4. The highest BCUT2D eigenvalue weighted by Gasteiger charge is 2.05. The van der Waals surface area contributed by atoms with Crippen molar-refractivity contribution in [1.29, 1.82) is 0 Å². The molecule has 62 valence electrons. The van der Waals surface area contributed by atoms with E-state index >= 15 is 0 Å². The van der Waals surface area contributed by atoms with E-state index in [0.717, 1.165) is 33.2 Å². The number of aliphatic hydroxyl groups excluding tert-OH is 1. The highest BCUT2D eigenvalue weighted by Crippen LogP contribution is 2.00. The monoisotopic (exact) mass is 149 g/mol. The molecule has 0 aromatic carbocycles. The minimum absolute atomic E-state index is 0.475. The molecule has 0 unspecified atom stereocenters. The van der Waals surface area contributed by atoms with Crippen LogP contribution in [0.4, 0.5) is 0 Å². The van der Waals surface area contributed by atoms with Crippen molar-refractivity contribution >= 4 is 0 Å². The normalized spacial score (nSPS) is 20.7. The van der Waals surface area contributed by atoms with E-state index in [4.69, 9.17) is 20.3 Å². The van der Waals surface area contributed by atoms with Crippen molar-refractivity contribution < 1.29 is 14.6 Å². The Morgan fingerprint density at radius 3 is 2.00 bits per heavy atom. The molecule has 4 nitrogen and oxygen atoms in total. The molecule has 1 rings (SSSR count). The first-order chi connectivity index (χ1) is 4.89. The highest BCUT2D eigenvalue weighted by molar-refractivity contribution is 4.43. The summed E-state index contributed by atoms with van der Waals surface area (Å²) in [5.74, 6) is 0. The van der Waals surface area contributed by atoms with E-state index in [0.29, 0.717) is 0 Å². The van der Waals surface area contributed by atoms with E-state index in [1.54, 1.807) is 0 Å². The number of hydrogen-bond donors (Lipinski definition) is 2. The maximum atomic E-state index is 7.00. The van der Waals surface area contributed by atoms with Crippen molar-refractivity contribution in [2.75, 3.05) is 20.3 Å². The Bertz CT molecular complexity index is 62.0. The molecule has 4 heteroatoms. The largest absolute Gasteiger partial charge is 0.400 e. The van der Waals surface area contributed by atoms with Crippen molar-refractivity contribution in [3.63, 3.8) is 0 Å². The fraction of sp³-hybridized carbons (Fsp3) is 1.00. The predicted molar refractivity (Wildman–Crippen MR) is 37.3 cm³/mol. The summed E-state index contributed by atoms with van der Waals surface area (Å²) in [5.41, 5.74) is 5.29. The first-order valence-corrected chi connectivity index (χ1v) is 3.33. The van der Waals surface area contributed by atoms with Crippen molar-refractivity contribution in [3.05, 3.63) is 0 Å². The summed E-state index contributed by atoms with van der Waals surface area (Å²) in [6.07, 6.45) is 1.65. The summed E-state index contributed by atoms with van der Waals surface area (Å²) >= 11 is 0. The fourth-order valence-corrected chi connectivity index (χ4v) is 0.651. The molecule has 0 atom stereocenters.